The van der Waals surface area contributed by atoms with E-state index in [1.54, 1.807) is 22.7 Å². The number of aliphatic hydroxyl groups excluding tert-OH is 1. The normalized spacial score (nSPS) is 16.2. The number of aryl methyl sites for hydroxylation is 2. The average Bonchev–Trinajstić information content (AvgIpc) is 3.12. The van der Waals surface area contributed by atoms with E-state index in [0.717, 1.165) is 10.4 Å². The van der Waals surface area contributed by atoms with Crippen molar-refractivity contribution in [2.45, 2.75) is 31.8 Å². The average molecular weight is 300 g/mol. The van der Waals surface area contributed by atoms with Gasteiger partial charge >= 0.3 is 0 Å². The highest BCUT2D eigenvalue weighted by atomic mass is 32.1. The lowest BCUT2D eigenvalue weighted by Gasteiger charge is -2.10. The van der Waals surface area contributed by atoms with Gasteiger partial charge in [-0.15, -0.1) is 22.7 Å². The molecule has 1 aromatic carbocycles. The molecule has 20 heavy (non-hydrogen) atoms. The molecule has 2 heterocycles. The molecule has 0 bridgehead atoms. The minimum Gasteiger partial charge on any atom is -0.383 e. The standard InChI is InChI=1S/C17H16OS2/c18-16(13-6-3-5-11-8-9-19-17(11)13)15-10-12-4-1-2-7-14(12)20-15/h3,5-6,8-10,16,18H,1-2,4,7H2. The zero-order chi connectivity index (χ0) is 13.5. The fraction of sp³-hybridized carbons (Fsp3) is 0.294. The number of aliphatic hydroxyl groups is 1. The molecule has 4 rings (SSSR count). The Kier molecular flexibility index (Phi) is 3.14. The van der Waals surface area contributed by atoms with Crippen LogP contribution >= 0.6 is 22.7 Å². The summed E-state index contributed by atoms with van der Waals surface area (Å²) >= 11 is 3.52. The van der Waals surface area contributed by atoms with Gasteiger partial charge in [0.15, 0.2) is 0 Å². The van der Waals surface area contributed by atoms with Gasteiger partial charge in [0.25, 0.3) is 0 Å². The van der Waals surface area contributed by atoms with Crippen molar-refractivity contribution < 1.29 is 5.11 Å². The van der Waals surface area contributed by atoms with Crippen molar-refractivity contribution in [1.82, 2.24) is 0 Å². The topological polar surface area (TPSA) is 20.2 Å². The number of hydrogen-bond acceptors (Lipinski definition) is 3. The van der Waals surface area contributed by atoms with E-state index < -0.39 is 6.10 Å². The maximum absolute atomic E-state index is 10.8. The van der Waals surface area contributed by atoms with Crippen LogP contribution in [0.15, 0.2) is 35.7 Å². The summed E-state index contributed by atoms with van der Waals surface area (Å²) in [5.41, 5.74) is 2.52. The van der Waals surface area contributed by atoms with Crippen LogP contribution < -0.4 is 0 Å². The van der Waals surface area contributed by atoms with Crippen LogP contribution in [0, 0.1) is 0 Å². The first-order valence-corrected chi connectivity index (χ1v) is 8.78. The predicted octanol–water partition coefficient (Wildman–Crippen LogP) is 4.92. The van der Waals surface area contributed by atoms with Crippen molar-refractivity contribution in [1.29, 1.82) is 0 Å². The van der Waals surface area contributed by atoms with Gasteiger partial charge in [0.1, 0.15) is 6.10 Å². The molecule has 1 aliphatic carbocycles. The maximum atomic E-state index is 10.8. The van der Waals surface area contributed by atoms with Gasteiger partial charge in [-0.1, -0.05) is 18.2 Å². The van der Waals surface area contributed by atoms with Crippen LogP contribution in [0.5, 0.6) is 0 Å². The lowest BCUT2D eigenvalue weighted by Crippen LogP contribution is -1.97. The van der Waals surface area contributed by atoms with Crippen LogP contribution in [0.4, 0.5) is 0 Å². The number of thiophene rings is 2. The first kappa shape index (κ1) is 12.6. The highest BCUT2D eigenvalue weighted by Gasteiger charge is 2.20. The molecule has 0 saturated carbocycles. The van der Waals surface area contributed by atoms with Gasteiger partial charge < -0.3 is 5.11 Å². The number of hydrogen-bond donors (Lipinski definition) is 1. The Bertz CT molecular complexity index is 730. The molecule has 1 unspecified atom stereocenters. The minimum atomic E-state index is -0.479. The fourth-order valence-electron chi connectivity index (χ4n) is 3.03. The van der Waals surface area contributed by atoms with Crippen molar-refractivity contribution in [3.05, 3.63) is 56.6 Å². The Morgan fingerprint density at radius 1 is 1.10 bits per heavy atom. The predicted molar refractivity (Wildman–Crippen MR) is 86.8 cm³/mol. The first-order valence-electron chi connectivity index (χ1n) is 7.08. The molecule has 1 N–H and O–H groups in total. The molecular formula is C17H16OS2. The number of benzene rings is 1. The van der Waals surface area contributed by atoms with Crippen LogP contribution in [0.25, 0.3) is 10.1 Å². The zero-order valence-corrected chi connectivity index (χ0v) is 12.8. The van der Waals surface area contributed by atoms with E-state index >= 15 is 0 Å². The third-order valence-corrected chi connectivity index (χ3v) is 6.36. The Morgan fingerprint density at radius 2 is 2.00 bits per heavy atom. The molecule has 1 nitrogen and oxygen atoms in total. The fourth-order valence-corrected chi connectivity index (χ4v) is 5.23. The van der Waals surface area contributed by atoms with Crippen LogP contribution in [-0.2, 0) is 12.8 Å². The molecule has 0 fully saturated rings. The Morgan fingerprint density at radius 3 is 2.90 bits per heavy atom. The summed E-state index contributed by atoms with van der Waals surface area (Å²) in [6.45, 7) is 0. The second-order valence-electron chi connectivity index (χ2n) is 5.39. The second kappa shape index (κ2) is 4.99. The molecule has 0 aliphatic heterocycles. The molecule has 0 amide bonds. The Balaban J connectivity index is 1.78. The van der Waals surface area contributed by atoms with Crippen LogP contribution in [0.1, 0.15) is 39.8 Å². The Hall–Kier alpha value is -1.16. The molecule has 0 radical (unpaired) electrons. The second-order valence-corrected chi connectivity index (χ2v) is 7.48. The van der Waals surface area contributed by atoms with Crippen LogP contribution in [0.2, 0.25) is 0 Å². The van der Waals surface area contributed by atoms with Crippen LogP contribution in [0.3, 0.4) is 0 Å². The minimum absolute atomic E-state index is 0.479. The summed E-state index contributed by atoms with van der Waals surface area (Å²) in [5.74, 6) is 0. The molecule has 1 aliphatic rings. The summed E-state index contributed by atoms with van der Waals surface area (Å²) in [7, 11) is 0. The third-order valence-electron chi connectivity index (χ3n) is 4.09. The van der Waals surface area contributed by atoms with Gasteiger partial charge in [-0.05, 0) is 54.1 Å². The zero-order valence-electron chi connectivity index (χ0n) is 11.1. The smallest absolute Gasteiger partial charge is 0.115 e. The Labute approximate surface area is 126 Å². The summed E-state index contributed by atoms with van der Waals surface area (Å²) in [5, 5.41) is 14.1. The van der Waals surface area contributed by atoms with Gasteiger partial charge in [-0.2, -0.15) is 0 Å². The molecule has 2 aromatic heterocycles. The monoisotopic (exact) mass is 300 g/mol. The number of rotatable bonds is 2. The van der Waals surface area contributed by atoms with Gasteiger partial charge in [-0.3, -0.25) is 0 Å². The quantitative estimate of drug-likeness (QED) is 0.712. The van der Waals surface area contributed by atoms with E-state index in [1.807, 2.05) is 6.07 Å². The van der Waals surface area contributed by atoms with Crippen molar-refractivity contribution in [3.8, 4) is 0 Å². The summed E-state index contributed by atoms with van der Waals surface area (Å²) in [6, 6.07) is 10.6. The van der Waals surface area contributed by atoms with Crippen molar-refractivity contribution >= 4 is 32.8 Å². The first-order chi connectivity index (χ1) is 9.83. The largest absolute Gasteiger partial charge is 0.383 e. The van der Waals surface area contributed by atoms with Crippen LogP contribution in [-0.4, -0.2) is 5.11 Å². The lowest BCUT2D eigenvalue weighted by atomic mass is 9.98. The molecule has 1 atom stereocenters. The van der Waals surface area contributed by atoms with E-state index in [0.29, 0.717) is 0 Å². The molecule has 3 heteroatoms. The summed E-state index contributed by atoms with van der Waals surface area (Å²) in [4.78, 5) is 2.60. The summed E-state index contributed by atoms with van der Waals surface area (Å²) < 4.78 is 1.21. The number of fused-ring (bicyclic) bond motifs is 2. The third kappa shape index (κ3) is 2.01. The van der Waals surface area contributed by atoms with Crippen molar-refractivity contribution in [3.63, 3.8) is 0 Å². The summed E-state index contributed by atoms with van der Waals surface area (Å²) in [6.07, 6.45) is 4.48. The van der Waals surface area contributed by atoms with E-state index in [4.69, 9.17) is 0 Å². The van der Waals surface area contributed by atoms with E-state index in [9.17, 15) is 5.11 Å². The molecule has 102 valence electrons. The lowest BCUT2D eigenvalue weighted by molar-refractivity contribution is 0.226. The van der Waals surface area contributed by atoms with Gasteiger partial charge in [0.05, 0.1) is 0 Å². The van der Waals surface area contributed by atoms with Gasteiger partial charge in [-0.25, -0.2) is 0 Å². The highest BCUT2D eigenvalue weighted by Crippen LogP contribution is 2.38. The van der Waals surface area contributed by atoms with E-state index in [1.165, 1.54) is 46.2 Å². The highest BCUT2D eigenvalue weighted by molar-refractivity contribution is 7.17. The van der Waals surface area contributed by atoms with E-state index in [-0.39, 0.29) is 0 Å². The molecule has 3 aromatic rings. The molecule has 0 saturated heterocycles. The molecular weight excluding hydrogens is 284 g/mol. The van der Waals surface area contributed by atoms with Gasteiger partial charge in [0.2, 0.25) is 0 Å². The van der Waals surface area contributed by atoms with Gasteiger partial charge in [0, 0.05) is 20.0 Å². The SMILES string of the molecule is OC(c1cc2c(s1)CCCC2)c1cccc2ccsc12. The van der Waals surface area contributed by atoms with Crippen molar-refractivity contribution in [2.75, 3.05) is 0 Å². The van der Waals surface area contributed by atoms with E-state index in [2.05, 4.69) is 29.6 Å². The maximum Gasteiger partial charge on any atom is 0.115 e. The van der Waals surface area contributed by atoms with Crippen molar-refractivity contribution in [2.24, 2.45) is 0 Å². The molecule has 0 spiro atoms.